The number of nitrogens with zero attached hydrogens (tertiary/aromatic N) is 2. The van der Waals surface area contributed by atoms with Gasteiger partial charge >= 0.3 is 0 Å². The van der Waals surface area contributed by atoms with Gasteiger partial charge in [-0.15, -0.1) is 0 Å². The Balaban J connectivity index is 1.49. The quantitative estimate of drug-likeness (QED) is 0.731. The maximum Gasteiger partial charge on any atom is 0.253 e. The average Bonchev–Trinajstić information content (AvgIpc) is 3.23. The Labute approximate surface area is 155 Å². The monoisotopic (exact) mass is 360 g/mol. The summed E-state index contributed by atoms with van der Waals surface area (Å²) in [5.74, 6) is 0.875. The summed E-state index contributed by atoms with van der Waals surface area (Å²) in [5.41, 5.74) is 0.659. The molecule has 0 aliphatic carbocycles. The molecule has 0 saturated carbocycles. The van der Waals surface area contributed by atoms with Gasteiger partial charge in [0.2, 0.25) is 0 Å². The van der Waals surface area contributed by atoms with E-state index in [0.717, 1.165) is 31.4 Å². The topological polar surface area (TPSA) is 59.1 Å². The smallest absolute Gasteiger partial charge is 0.253 e. The minimum atomic E-state index is -0.280. The fourth-order valence-corrected chi connectivity index (χ4v) is 3.32. The molecule has 2 aliphatic rings. The van der Waals surface area contributed by atoms with Gasteiger partial charge in [-0.1, -0.05) is 13.3 Å². The Kier molecular flexibility index (Phi) is 6.50. The van der Waals surface area contributed by atoms with Crippen LogP contribution in [0, 0.1) is 0 Å². The van der Waals surface area contributed by atoms with Crippen molar-refractivity contribution in [2.24, 2.45) is 0 Å². The number of carbonyl (C=O) groups excluding carboxylic acids is 2. The van der Waals surface area contributed by atoms with Gasteiger partial charge in [0.15, 0.2) is 0 Å². The van der Waals surface area contributed by atoms with Crippen LogP contribution in [0.2, 0.25) is 0 Å². The lowest BCUT2D eigenvalue weighted by Crippen LogP contribution is -2.52. The van der Waals surface area contributed by atoms with Crippen LogP contribution in [-0.2, 0) is 9.53 Å². The Morgan fingerprint density at radius 2 is 1.81 bits per heavy atom. The molecule has 142 valence electrons. The Morgan fingerprint density at radius 3 is 2.42 bits per heavy atom. The number of piperazine rings is 1. The third-order valence-corrected chi connectivity index (χ3v) is 4.95. The Morgan fingerprint density at radius 1 is 1.12 bits per heavy atom. The molecule has 6 heteroatoms. The molecule has 2 amide bonds. The zero-order valence-corrected chi connectivity index (χ0v) is 15.5. The Bertz CT molecular complexity index is 603. The van der Waals surface area contributed by atoms with Crippen molar-refractivity contribution in [2.45, 2.75) is 38.7 Å². The lowest BCUT2D eigenvalue weighted by atomic mass is 10.1. The third kappa shape index (κ3) is 4.55. The molecule has 2 saturated heterocycles. The van der Waals surface area contributed by atoms with Crippen LogP contribution in [0.15, 0.2) is 24.3 Å². The summed E-state index contributed by atoms with van der Waals surface area (Å²) < 4.78 is 11.1. The van der Waals surface area contributed by atoms with Crippen molar-refractivity contribution < 1.29 is 19.1 Å². The number of amides is 2. The number of rotatable bonds is 6. The summed E-state index contributed by atoms with van der Waals surface area (Å²) in [7, 11) is 0. The predicted molar refractivity (Wildman–Crippen MR) is 98.3 cm³/mol. The van der Waals surface area contributed by atoms with Crippen LogP contribution in [-0.4, -0.2) is 67.1 Å². The van der Waals surface area contributed by atoms with Crippen molar-refractivity contribution >= 4 is 11.8 Å². The van der Waals surface area contributed by atoms with Crippen LogP contribution in [0.25, 0.3) is 0 Å². The Hall–Kier alpha value is -2.08. The van der Waals surface area contributed by atoms with Crippen molar-refractivity contribution in [3.05, 3.63) is 29.8 Å². The number of hydrogen-bond acceptors (Lipinski definition) is 4. The normalized spacial score (nSPS) is 20.3. The molecule has 0 N–H and O–H groups in total. The molecular weight excluding hydrogens is 332 g/mol. The molecule has 2 fully saturated rings. The average molecular weight is 360 g/mol. The van der Waals surface area contributed by atoms with Crippen LogP contribution >= 0.6 is 0 Å². The highest BCUT2D eigenvalue weighted by atomic mass is 16.5. The maximum atomic E-state index is 12.7. The van der Waals surface area contributed by atoms with Crippen LogP contribution in [0.5, 0.6) is 5.75 Å². The highest BCUT2D eigenvalue weighted by molar-refractivity contribution is 5.94. The molecule has 2 heterocycles. The zero-order valence-electron chi connectivity index (χ0n) is 15.5. The van der Waals surface area contributed by atoms with E-state index in [2.05, 4.69) is 6.92 Å². The number of hydrogen-bond donors (Lipinski definition) is 0. The molecule has 0 aromatic heterocycles. The van der Waals surface area contributed by atoms with Crippen molar-refractivity contribution in [3.8, 4) is 5.75 Å². The minimum Gasteiger partial charge on any atom is -0.494 e. The highest BCUT2D eigenvalue weighted by Crippen LogP contribution is 2.18. The summed E-state index contributed by atoms with van der Waals surface area (Å²) in [5, 5.41) is 0. The molecule has 1 aromatic rings. The van der Waals surface area contributed by atoms with E-state index in [1.165, 1.54) is 0 Å². The second-order valence-electron chi connectivity index (χ2n) is 6.85. The van der Waals surface area contributed by atoms with E-state index in [1.807, 2.05) is 34.1 Å². The van der Waals surface area contributed by atoms with E-state index >= 15 is 0 Å². The van der Waals surface area contributed by atoms with E-state index in [-0.39, 0.29) is 17.9 Å². The van der Waals surface area contributed by atoms with Crippen molar-refractivity contribution in [1.29, 1.82) is 0 Å². The van der Waals surface area contributed by atoms with Gasteiger partial charge in [0.1, 0.15) is 11.9 Å². The van der Waals surface area contributed by atoms with Crippen LogP contribution in [0.4, 0.5) is 0 Å². The second-order valence-corrected chi connectivity index (χ2v) is 6.85. The van der Waals surface area contributed by atoms with Crippen LogP contribution in [0.1, 0.15) is 43.0 Å². The standard InChI is InChI=1S/C20H28N2O4/c1-2-3-14-25-17-8-6-16(7-9-17)19(23)21-10-12-22(13-11-21)20(24)18-5-4-15-26-18/h6-9,18H,2-5,10-15H2,1H3. The van der Waals surface area contributed by atoms with E-state index in [9.17, 15) is 9.59 Å². The summed E-state index contributed by atoms with van der Waals surface area (Å²) >= 11 is 0. The maximum absolute atomic E-state index is 12.7. The van der Waals surface area contributed by atoms with Gasteiger partial charge in [0.25, 0.3) is 11.8 Å². The molecule has 0 bridgehead atoms. The van der Waals surface area contributed by atoms with Gasteiger partial charge in [-0.05, 0) is 43.5 Å². The van der Waals surface area contributed by atoms with Crippen molar-refractivity contribution in [2.75, 3.05) is 39.4 Å². The van der Waals surface area contributed by atoms with Gasteiger partial charge in [0.05, 0.1) is 6.61 Å². The summed E-state index contributed by atoms with van der Waals surface area (Å²) in [6, 6.07) is 7.32. The number of unbranched alkanes of at least 4 members (excludes halogenated alkanes) is 1. The largest absolute Gasteiger partial charge is 0.494 e. The summed E-state index contributed by atoms with van der Waals surface area (Å²) in [4.78, 5) is 28.7. The first-order chi connectivity index (χ1) is 12.7. The molecule has 0 radical (unpaired) electrons. The first-order valence-electron chi connectivity index (χ1n) is 9.61. The van der Waals surface area contributed by atoms with Gasteiger partial charge in [-0.2, -0.15) is 0 Å². The third-order valence-electron chi connectivity index (χ3n) is 4.95. The van der Waals surface area contributed by atoms with Crippen LogP contribution < -0.4 is 4.74 Å². The summed E-state index contributed by atoms with van der Waals surface area (Å²) in [6.07, 6.45) is 3.60. The molecule has 6 nitrogen and oxygen atoms in total. The molecule has 2 aliphatic heterocycles. The van der Waals surface area contributed by atoms with Crippen molar-refractivity contribution in [3.63, 3.8) is 0 Å². The molecule has 1 atom stereocenters. The first-order valence-corrected chi connectivity index (χ1v) is 9.61. The summed E-state index contributed by atoms with van der Waals surface area (Å²) in [6.45, 7) is 5.76. The number of ether oxygens (including phenoxy) is 2. The van der Waals surface area contributed by atoms with Gasteiger partial charge in [-0.3, -0.25) is 9.59 Å². The SMILES string of the molecule is CCCCOc1ccc(C(=O)N2CCN(C(=O)C3CCCO3)CC2)cc1. The van der Waals surface area contributed by atoms with Crippen molar-refractivity contribution in [1.82, 2.24) is 9.80 Å². The van der Waals surface area contributed by atoms with E-state index in [0.29, 0.717) is 45.0 Å². The van der Waals surface area contributed by atoms with E-state index in [1.54, 1.807) is 0 Å². The first kappa shape index (κ1) is 18.7. The minimum absolute atomic E-state index is 0.00863. The fraction of sp³-hybridized carbons (Fsp3) is 0.600. The van der Waals surface area contributed by atoms with Crippen LogP contribution in [0.3, 0.4) is 0 Å². The molecular formula is C20H28N2O4. The fourth-order valence-electron chi connectivity index (χ4n) is 3.32. The number of benzene rings is 1. The second kappa shape index (κ2) is 9.03. The molecule has 0 spiro atoms. The predicted octanol–water partition coefficient (Wildman–Crippen LogP) is 2.33. The molecule has 3 rings (SSSR count). The highest BCUT2D eigenvalue weighted by Gasteiger charge is 2.31. The van der Waals surface area contributed by atoms with Gasteiger partial charge in [-0.25, -0.2) is 0 Å². The van der Waals surface area contributed by atoms with E-state index in [4.69, 9.17) is 9.47 Å². The lowest BCUT2D eigenvalue weighted by Gasteiger charge is -2.35. The molecule has 26 heavy (non-hydrogen) atoms. The van der Waals surface area contributed by atoms with Gasteiger partial charge in [0, 0.05) is 38.3 Å². The number of carbonyl (C=O) groups is 2. The van der Waals surface area contributed by atoms with E-state index < -0.39 is 0 Å². The molecule has 1 aromatic carbocycles. The van der Waals surface area contributed by atoms with Gasteiger partial charge < -0.3 is 19.3 Å². The molecule has 1 unspecified atom stereocenters. The lowest BCUT2D eigenvalue weighted by molar-refractivity contribution is -0.142. The zero-order chi connectivity index (χ0) is 18.4.